The quantitative estimate of drug-likeness (QED) is 0.618. The van der Waals surface area contributed by atoms with Gasteiger partial charge in [0, 0.05) is 23.6 Å². The molecule has 0 aliphatic carbocycles. The van der Waals surface area contributed by atoms with Gasteiger partial charge >= 0.3 is 0 Å². The van der Waals surface area contributed by atoms with E-state index in [1.165, 1.54) is 0 Å². The Kier molecular flexibility index (Phi) is 4.93. The molecule has 0 spiro atoms. The fourth-order valence-electron chi connectivity index (χ4n) is 1.66. The first-order valence-electron chi connectivity index (χ1n) is 6.34. The van der Waals surface area contributed by atoms with Crippen LogP contribution < -0.4 is 0 Å². The summed E-state index contributed by atoms with van der Waals surface area (Å²) in [5.41, 5.74) is 2.09. The van der Waals surface area contributed by atoms with Crippen molar-refractivity contribution in [1.29, 1.82) is 0 Å². The van der Waals surface area contributed by atoms with Gasteiger partial charge in [-0.2, -0.15) is 0 Å². The maximum absolute atomic E-state index is 4.63. The highest BCUT2D eigenvalue weighted by atomic mass is 32.2. The van der Waals surface area contributed by atoms with Crippen molar-refractivity contribution in [3.05, 3.63) is 42.1 Å². The molecule has 0 atom stereocenters. The van der Waals surface area contributed by atoms with E-state index in [9.17, 15) is 0 Å². The van der Waals surface area contributed by atoms with Crippen LogP contribution in [0.15, 0.2) is 41.4 Å². The van der Waals surface area contributed by atoms with Crippen molar-refractivity contribution < 1.29 is 0 Å². The summed E-state index contributed by atoms with van der Waals surface area (Å²) in [4.78, 5) is 11.3. The minimum absolute atomic E-state index is 0.813. The summed E-state index contributed by atoms with van der Waals surface area (Å²) in [7, 11) is 4.17. The van der Waals surface area contributed by atoms with Crippen LogP contribution in [-0.2, 0) is 0 Å². The second-order valence-electron chi connectivity index (χ2n) is 4.69. The third-order valence-corrected chi connectivity index (χ3v) is 3.54. The van der Waals surface area contributed by atoms with Crippen molar-refractivity contribution in [3.8, 4) is 11.4 Å². The van der Waals surface area contributed by atoms with Gasteiger partial charge < -0.3 is 4.90 Å². The van der Waals surface area contributed by atoms with Gasteiger partial charge in [-0.25, -0.2) is 9.97 Å². The molecule has 2 rings (SSSR count). The lowest BCUT2D eigenvalue weighted by Gasteiger charge is -2.09. The van der Waals surface area contributed by atoms with Crippen molar-refractivity contribution in [3.63, 3.8) is 0 Å². The van der Waals surface area contributed by atoms with Crippen LogP contribution in [0, 0.1) is 6.92 Å². The molecule has 0 aliphatic heterocycles. The number of nitrogens with zero attached hydrogens (tertiary/aromatic N) is 3. The van der Waals surface area contributed by atoms with E-state index in [1.807, 2.05) is 43.3 Å². The highest BCUT2D eigenvalue weighted by Crippen LogP contribution is 2.21. The first kappa shape index (κ1) is 14.0. The Morgan fingerprint density at radius 1 is 1.11 bits per heavy atom. The molecule has 0 fully saturated rings. The molecule has 0 amide bonds. The van der Waals surface area contributed by atoms with Gasteiger partial charge in [0.25, 0.3) is 0 Å². The third-order valence-electron chi connectivity index (χ3n) is 2.65. The van der Waals surface area contributed by atoms with E-state index in [-0.39, 0.29) is 0 Å². The number of hydrogen-bond acceptors (Lipinski definition) is 4. The van der Waals surface area contributed by atoms with Gasteiger partial charge in [-0.15, -0.1) is 11.8 Å². The van der Waals surface area contributed by atoms with Crippen molar-refractivity contribution in [2.24, 2.45) is 0 Å². The second kappa shape index (κ2) is 6.68. The van der Waals surface area contributed by atoms with Crippen molar-refractivity contribution in [1.82, 2.24) is 14.9 Å². The Morgan fingerprint density at radius 2 is 1.84 bits per heavy atom. The Morgan fingerprint density at radius 3 is 2.53 bits per heavy atom. The van der Waals surface area contributed by atoms with Gasteiger partial charge in [0.15, 0.2) is 5.82 Å². The van der Waals surface area contributed by atoms with E-state index in [0.717, 1.165) is 34.4 Å². The maximum Gasteiger partial charge on any atom is 0.160 e. The number of thioether (sulfide) groups is 1. The van der Waals surface area contributed by atoms with Crippen LogP contribution in [0.1, 0.15) is 5.69 Å². The van der Waals surface area contributed by atoms with Crippen LogP contribution in [0.5, 0.6) is 0 Å². The summed E-state index contributed by atoms with van der Waals surface area (Å²) >= 11 is 1.78. The molecule has 0 radical (unpaired) electrons. The summed E-state index contributed by atoms with van der Waals surface area (Å²) in [6.45, 7) is 3.07. The first-order valence-corrected chi connectivity index (χ1v) is 7.32. The van der Waals surface area contributed by atoms with E-state index >= 15 is 0 Å². The van der Waals surface area contributed by atoms with Crippen molar-refractivity contribution >= 4 is 11.8 Å². The zero-order valence-electron chi connectivity index (χ0n) is 11.6. The molecule has 0 saturated carbocycles. The minimum Gasteiger partial charge on any atom is -0.309 e. The molecule has 3 nitrogen and oxygen atoms in total. The van der Waals surface area contributed by atoms with Gasteiger partial charge in [0.2, 0.25) is 0 Å². The summed E-state index contributed by atoms with van der Waals surface area (Å²) in [5.74, 6) is 1.85. The monoisotopic (exact) mass is 273 g/mol. The lowest BCUT2D eigenvalue weighted by molar-refractivity contribution is 0.437. The molecule has 0 bridgehead atoms. The topological polar surface area (TPSA) is 29.0 Å². The van der Waals surface area contributed by atoms with Crippen LogP contribution in [0.4, 0.5) is 0 Å². The third kappa shape index (κ3) is 4.33. The molecule has 2 aromatic rings. The highest BCUT2D eigenvalue weighted by molar-refractivity contribution is 7.99. The standard InChI is InChI=1S/C15H19N3S/c1-12-11-14(19-10-9-18(2)3)17-15(16-12)13-7-5-4-6-8-13/h4-8,11H,9-10H2,1-3H3. The molecule has 1 aromatic heterocycles. The molecular formula is C15H19N3S. The van der Waals surface area contributed by atoms with Crippen LogP contribution >= 0.6 is 11.8 Å². The normalized spacial score (nSPS) is 10.9. The van der Waals surface area contributed by atoms with Gasteiger partial charge in [-0.3, -0.25) is 0 Å². The predicted octanol–water partition coefficient (Wildman–Crippen LogP) is 3.11. The Bertz CT molecular complexity index is 526. The molecule has 0 N–H and O–H groups in total. The van der Waals surface area contributed by atoms with E-state index in [0.29, 0.717) is 0 Å². The average molecular weight is 273 g/mol. The largest absolute Gasteiger partial charge is 0.309 e. The summed E-state index contributed by atoms with van der Waals surface area (Å²) < 4.78 is 0. The van der Waals surface area contributed by atoms with E-state index in [1.54, 1.807) is 11.8 Å². The molecule has 0 aliphatic rings. The molecule has 100 valence electrons. The number of aryl methyl sites for hydroxylation is 1. The molecule has 0 saturated heterocycles. The molecule has 1 heterocycles. The zero-order chi connectivity index (χ0) is 13.7. The number of rotatable bonds is 5. The SMILES string of the molecule is Cc1cc(SCCN(C)C)nc(-c2ccccc2)n1. The van der Waals surface area contributed by atoms with Crippen LogP contribution in [0.3, 0.4) is 0 Å². The van der Waals surface area contributed by atoms with E-state index < -0.39 is 0 Å². The Labute approximate surface area is 119 Å². The van der Waals surface area contributed by atoms with Crippen molar-refractivity contribution in [2.45, 2.75) is 11.9 Å². The first-order chi connectivity index (χ1) is 9.15. The zero-order valence-corrected chi connectivity index (χ0v) is 12.4. The van der Waals surface area contributed by atoms with Gasteiger partial charge in [0.05, 0.1) is 0 Å². The van der Waals surface area contributed by atoms with Crippen LogP contribution in [0.25, 0.3) is 11.4 Å². The molecule has 1 aromatic carbocycles. The smallest absolute Gasteiger partial charge is 0.160 e. The van der Waals surface area contributed by atoms with Gasteiger partial charge in [-0.05, 0) is 27.1 Å². The van der Waals surface area contributed by atoms with Gasteiger partial charge in [0.1, 0.15) is 5.03 Å². The van der Waals surface area contributed by atoms with Crippen molar-refractivity contribution in [2.75, 3.05) is 26.4 Å². The lowest BCUT2D eigenvalue weighted by Crippen LogP contribution is -2.14. The summed E-state index contributed by atoms with van der Waals surface area (Å²) in [5, 5.41) is 1.05. The maximum atomic E-state index is 4.63. The van der Waals surface area contributed by atoms with Crippen LogP contribution in [0.2, 0.25) is 0 Å². The Hall–Kier alpha value is -1.39. The van der Waals surface area contributed by atoms with Gasteiger partial charge in [-0.1, -0.05) is 30.3 Å². The predicted molar refractivity (Wildman–Crippen MR) is 81.5 cm³/mol. The molecule has 0 unspecified atom stereocenters. The summed E-state index contributed by atoms with van der Waals surface area (Å²) in [6.07, 6.45) is 0. The Balaban J connectivity index is 2.16. The number of hydrogen-bond donors (Lipinski definition) is 0. The number of benzene rings is 1. The summed E-state index contributed by atoms with van der Waals surface area (Å²) in [6, 6.07) is 12.2. The molecular weight excluding hydrogens is 254 g/mol. The molecule has 19 heavy (non-hydrogen) atoms. The highest BCUT2D eigenvalue weighted by Gasteiger charge is 2.05. The van der Waals surface area contributed by atoms with E-state index in [4.69, 9.17) is 0 Å². The number of aromatic nitrogens is 2. The van der Waals surface area contributed by atoms with Crippen LogP contribution in [-0.4, -0.2) is 41.3 Å². The molecule has 4 heteroatoms. The van der Waals surface area contributed by atoms with E-state index in [2.05, 4.69) is 29.0 Å². The second-order valence-corrected chi connectivity index (χ2v) is 5.80. The fraction of sp³-hybridized carbons (Fsp3) is 0.333. The fourth-order valence-corrected chi connectivity index (χ4v) is 2.73. The minimum atomic E-state index is 0.813. The lowest BCUT2D eigenvalue weighted by atomic mass is 10.2. The average Bonchev–Trinajstić information content (AvgIpc) is 2.39.